The molecule has 0 bridgehead atoms. The number of fused-ring (bicyclic) bond motifs is 7. The fourth-order valence-electron chi connectivity index (χ4n) is 5.86. The summed E-state index contributed by atoms with van der Waals surface area (Å²) in [5.74, 6) is 0. The van der Waals surface area contributed by atoms with Crippen molar-refractivity contribution in [2.45, 2.75) is 0 Å². The third-order valence-electron chi connectivity index (χ3n) is 7.70. The minimum Gasteiger partial charge on any atom is -0.343 e. The minimum atomic E-state index is 1.28. The SMILES string of the molecule is Cn1c(-c2cccs2)cc2cc3c(ccc4c5cc6cc(-c7cccs7)n(C)c6cc5ccc34)cc21. The third-order valence-corrected chi connectivity index (χ3v) is 9.49. The quantitative estimate of drug-likeness (QED) is 0.210. The van der Waals surface area contributed by atoms with Crippen LogP contribution in [0, 0.1) is 0 Å². The van der Waals surface area contributed by atoms with E-state index in [1.165, 1.54) is 75.3 Å². The van der Waals surface area contributed by atoms with Gasteiger partial charge < -0.3 is 9.13 Å². The van der Waals surface area contributed by atoms with Crippen LogP contribution in [0.15, 0.2) is 95.7 Å². The first-order chi connectivity index (χ1) is 17.7. The van der Waals surface area contributed by atoms with Crippen LogP contribution in [-0.2, 0) is 14.1 Å². The zero-order chi connectivity index (χ0) is 24.0. The van der Waals surface area contributed by atoms with Gasteiger partial charge in [0.25, 0.3) is 0 Å². The van der Waals surface area contributed by atoms with Gasteiger partial charge in [0.15, 0.2) is 0 Å². The molecule has 0 spiro atoms. The van der Waals surface area contributed by atoms with Crippen molar-refractivity contribution in [3.05, 3.63) is 95.7 Å². The summed E-state index contributed by atoms with van der Waals surface area (Å²) in [5.41, 5.74) is 5.10. The Hall–Kier alpha value is -3.86. The molecule has 4 heteroatoms. The summed E-state index contributed by atoms with van der Waals surface area (Å²) in [5, 5.41) is 14.7. The molecule has 0 unspecified atom stereocenters. The smallest absolute Gasteiger partial charge is 0.0590 e. The van der Waals surface area contributed by atoms with Gasteiger partial charge in [-0.25, -0.2) is 0 Å². The zero-order valence-corrected chi connectivity index (χ0v) is 21.6. The number of rotatable bonds is 2. The topological polar surface area (TPSA) is 9.86 Å². The van der Waals surface area contributed by atoms with Crippen LogP contribution in [0.25, 0.3) is 75.3 Å². The van der Waals surface area contributed by atoms with Crippen LogP contribution in [0.1, 0.15) is 0 Å². The van der Waals surface area contributed by atoms with Gasteiger partial charge in [-0.3, -0.25) is 0 Å². The molecule has 172 valence electrons. The molecule has 0 saturated heterocycles. The molecule has 0 radical (unpaired) electrons. The van der Waals surface area contributed by atoms with E-state index in [1.54, 1.807) is 22.7 Å². The van der Waals surface area contributed by atoms with E-state index in [9.17, 15) is 0 Å². The molecule has 0 amide bonds. The van der Waals surface area contributed by atoms with Crippen molar-refractivity contribution in [3.8, 4) is 21.1 Å². The van der Waals surface area contributed by atoms with E-state index in [0.717, 1.165) is 0 Å². The van der Waals surface area contributed by atoms with E-state index in [2.05, 4.69) is 119 Å². The van der Waals surface area contributed by atoms with Crippen LogP contribution in [0.5, 0.6) is 0 Å². The van der Waals surface area contributed by atoms with Crippen molar-refractivity contribution >= 4 is 76.8 Å². The van der Waals surface area contributed by atoms with Crippen LogP contribution in [0.4, 0.5) is 0 Å². The average Bonchev–Trinajstić information content (AvgIpc) is 3.70. The molecule has 0 aliphatic heterocycles. The first-order valence-corrected chi connectivity index (χ1v) is 13.9. The summed E-state index contributed by atoms with van der Waals surface area (Å²) in [7, 11) is 4.35. The van der Waals surface area contributed by atoms with E-state index in [4.69, 9.17) is 0 Å². The zero-order valence-electron chi connectivity index (χ0n) is 19.9. The number of benzene rings is 4. The van der Waals surface area contributed by atoms with E-state index in [-0.39, 0.29) is 0 Å². The predicted molar refractivity (Wildman–Crippen MR) is 159 cm³/mol. The fraction of sp³-hybridized carbons (Fsp3) is 0.0625. The molecule has 4 aromatic carbocycles. The number of hydrogen-bond acceptors (Lipinski definition) is 2. The lowest BCUT2D eigenvalue weighted by Gasteiger charge is -2.10. The highest BCUT2D eigenvalue weighted by Crippen LogP contribution is 2.39. The lowest BCUT2D eigenvalue weighted by atomic mass is 9.95. The second-order valence-electron chi connectivity index (χ2n) is 9.62. The van der Waals surface area contributed by atoms with Crippen molar-refractivity contribution in [1.29, 1.82) is 0 Å². The van der Waals surface area contributed by atoms with Gasteiger partial charge in [0.05, 0.1) is 21.1 Å². The van der Waals surface area contributed by atoms with E-state index < -0.39 is 0 Å². The monoisotopic (exact) mass is 498 g/mol. The van der Waals surface area contributed by atoms with Crippen LogP contribution >= 0.6 is 22.7 Å². The Morgan fingerprint density at radius 3 is 1.36 bits per heavy atom. The van der Waals surface area contributed by atoms with Gasteiger partial charge in [0, 0.05) is 35.9 Å². The van der Waals surface area contributed by atoms with Crippen molar-refractivity contribution in [3.63, 3.8) is 0 Å². The van der Waals surface area contributed by atoms with Gasteiger partial charge in [-0.15, -0.1) is 22.7 Å². The summed E-state index contributed by atoms with van der Waals surface area (Å²) in [6.07, 6.45) is 0. The summed E-state index contributed by atoms with van der Waals surface area (Å²) < 4.78 is 4.64. The number of nitrogens with zero attached hydrogens (tertiary/aromatic N) is 2. The van der Waals surface area contributed by atoms with Crippen molar-refractivity contribution in [1.82, 2.24) is 9.13 Å². The van der Waals surface area contributed by atoms with Crippen molar-refractivity contribution in [2.24, 2.45) is 14.1 Å². The third kappa shape index (κ3) is 2.77. The molecule has 36 heavy (non-hydrogen) atoms. The summed E-state index contributed by atoms with van der Waals surface area (Å²) in [6, 6.07) is 32.0. The molecule has 8 rings (SSSR count). The van der Waals surface area contributed by atoms with Crippen LogP contribution in [0.3, 0.4) is 0 Å². The first kappa shape index (κ1) is 20.3. The van der Waals surface area contributed by atoms with Crippen molar-refractivity contribution in [2.75, 3.05) is 0 Å². The van der Waals surface area contributed by atoms with E-state index in [1.807, 2.05) is 0 Å². The fourth-order valence-corrected chi connectivity index (χ4v) is 7.42. The second-order valence-corrected chi connectivity index (χ2v) is 11.5. The maximum absolute atomic E-state index is 2.38. The maximum atomic E-state index is 2.38. The molecular weight excluding hydrogens is 477 g/mol. The minimum absolute atomic E-state index is 1.28. The Kier molecular flexibility index (Phi) is 4.14. The highest BCUT2D eigenvalue weighted by atomic mass is 32.1. The largest absolute Gasteiger partial charge is 0.343 e. The number of aromatic nitrogens is 2. The number of thiophene rings is 2. The van der Waals surface area contributed by atoms with Crippen molar-refractivity contribution < 1.29 is 0 Å². The molecule has 4 heterocycles. The maximum Gasteiger partial charge on any atom is 0.0590 e. The highest BCUT2D eigenvalue weighted by molar-refractivity contribution is 7.13. The summed E-state index contributed by atoms with van der Waals surface area (Å²) in [4.78, 5) is 2.62. The van der Waals surface area contributed by atoms with E-state index in [0.29, 0.717) is 0 Å². The molecule has 0 N–H and O–H groups in total. The average molecular weight is 499 g/mol. The Morgan fingerprint density at radius 2 is 0.944 bits per heavy atom. The normalized spacial score (nSPS) is 12.2. The second kappa shape index (κ2) is 7.33. The Balaban J connectivity index is 1.39. The number of hydrogen-bond donors (Lipinski definition) is 0. The predicted octanol–water partition coefficient (Wildman–Crippen LogP) is 9.59. The number of aryl methyl sites for hydroxylation is 2. The van der Waals surface area contributed by atoms with Gasteiger partial charge >= 0.3 is 0 Å². The molecule has 0 fully saturated rings. The van der Waals surface area contributed by atoms with Crippen LogP contribution in [-0.4, -0.2) is 9.13 Å². The summed E-state index contributed by atoms with van der Waals surface area (Å²) >= 11 is 3.59. The molecule has 0 atom stereocenters. The summed E-state index contributed by atoms with van der Waals surface area (Å²) in [6.45, 7) is 0. The lowest BCUT2D eigenvalue weighted by Crippen LogP contribution is -1.90. The van der Waals surface area contributed by atoms with Gasteiger partial charge in [-0.1, -0.05) is 36.4 Å². The molecule has 0 saturated carbocycles. The lowest BCUT2D eigenvalue weighted by molar-refractivity contribution is 0.982. The first-order valence-electron chi connectivity index (χ1n) is 12.1. The molecule has 8 aromatic rings. The van der Waals surface area contributed by atoms with Crippen LogP contribution in [0.2, 0.25) is 0 Å². The molecule has 0 aliphatic rings. The van der Waals surface area contributed by atoms with Gasteiger partial charge in [-0.2, -0.15) is 0 Å². The molecular formula is C32H22N2S2. The van der Waals surface area contributed by atoms with Gasteiger partial charge in [0.2, 0.25) is 0 Å². The Bertz CT molecular complexity index is 1950. The Labute approximate surface area is 216 Å². The highest BCUT2D eigenvalue weighted by Gasteiger charge is 2.14. The van der Waals surface area contributed by atoms with Crippen LogP contribution < -0.4 is 0 Å². The molecule has 2 nitrogen and oxygen atoms in total. The van der Waals surface area contributed by atoms with E-state index >= 15 is 0 Å². The Morgan fingerprint density at radius 1 is 0.472 bits per heavy atom. The van der Waals surface area contributed by atoms with Gasteiger partial charge in [0.1, 0.15) is 0 Å². The van der Waals surface area contributed by atoms with Gasteiger partial charge in [-0.05, 0) is 91.6 Å². The standard InChI is InChI=1S/C32H22N2S2/c1-33-27-15-19-7-9-24-23(25(19)13-21(27)17-29(33)31-5-3-11-35-31)10-8-20-16-28-22(14-26(20)24)18-30(34(28)2)32-6-4-12-36-32/h3-18H,1-2H3. The molecule has 4 aromatic heterocycles. The molecule has 0 aliphatic carbocycles.